The Balaban J connectivity index is 2.17. The van der Waals surface area contributed by atoms with Crippen molar-refractivity contribution in [3.05, 3.63) is 59.7 Å². The van der Waals surface area contributed by atoms with E-state index in [1.165, 1.54) is 11.1 Å². The van der Waals surface area contributed by atoms with Crippen LogP contribution in [-0.4, -0.2) is 11.9 Å². The minimum Gasteiger partial charge on any atom is -0.255 e. The summed E-state index contributed by atoms with van der Waals surface area (Å²) in [6.45, 7) is 6.37. The molecule has 0 aliphatic heterocycles. The summed E-state index contributed by atoms with van der Waals surface area (Å²) in [5, 5.41) is 0. The van der Waals surface area contributed by atoms with Crippen molar-refractivity contribution in [1.29, 1.82) is 0 Å². The van der Waals surface area contributed by atoms with Crippen LogP contribution >= 0.6 is 0 Å². The van der Waals surface area contributed by atoms with E-state index in [1.54, 1.807) is 0 Å². The minimum atomic E-state index is 0.958. The molecule has 0 saturated carbocycles. The molecule has 0 amide bonds. The van der Waals surface area contributed by atoms with Crippen LogP contribution in [-0.2, 0) is 0 Å². The molecule has 2 rings (SSSR count). The molecule has 0 aromatic heterocycles. The number of rotatable bonds is 6. The first kappa shape index (κ1) is 16.2. The van der Waals surface area contributed by atoms with E-state index in [1.807, 2.05) is 18.3 Å². The summed E-state index contributed by atoms with van der Waals surface area (Å²) in [5.41, 5.74) is 5.50. The first-order valence-electron chi connectivity index (χ1n) is 7.92. The SMILES string of the molecule is CCCCC(C=Nc1ccc(C)cc1)=Nc1ccc(C)cc1. The number of nitrogens with zero attached hydrogens (tertiary/aromatic N) is 2. The van der Waals surface area contributed by atoms with Gasteiger partial charge in [-0.05, 0) is 51.0 Å². The lowest BCUT2D eigenvalue weighted by Crippen LogP contribution is -1.99. The fourth-order valence-corrected chi connectivity index (χ4v) is 2.07. The Morgan fingerprint density at radius 3 is 1.95 bits per heavy atom. The topological polar surface area (TPSA) is 24.7 Å². The van der Waals surface area contributed by atoms with E-state index in [-0.39, 0.29) is 0 Å². The van der Waals surface area contributed by atoms with Gasteiger partial charge >= 0.3 is 0 Å². The molecule has 0 saturated heterocycles. The zero-order valence-corrected chi connectivity index (χ0v) is 13.7. The van der Waals surface area contributed by atoms with E-state index in [0.717, 1.165) is 36.3 Å². The molecule has 2 aromatic rings. The Labute approximate surface area is 133 Å². The molecule has 0 aliphatic rings. The number of benzene rings is 2. The summed E-state index contributed by atoms with van der Waals surface area (Å²) in [4.78, 5) is 9.30. The van der Waals surface area contributed by atoms with Crippen LogP contribution in [0.5, 0.6) is 0 Å². The first-order chi connectivity index (χ1) is 10.7. The van der Waals surface area contributed by atoms with Crippen LogP contribution in [0.2, 0.25) is 0 Å². The molecule has 0 N–H and O–H groups in total. The van der Waals surface area contributed by atoms with Crippen LogP contribution in [0.4, 0.5) is 11.4 Å². The van der Waals surface area contributed by atoms with Gasteiger partial charge in [0.2, 0.25) is 0 Å². The molecule has 0 aliphatic carbocycles. The highest BCUT2D eigenvalue weighted by molar-refractivity contribution is 6.31. The van der Waals surface area contributed by atoms with Crippen molar-refractivity contribution >= 4 is 23.3 Å². The van der Waals surface area contributed by atoms with Crippen LogP contribution in [0.15, 0.2) is 58.5 Å². The fourth-order valence-electron chi connectivity index (χ4n) is 2.07. The van der Waals surface area contributed by atoms with E-state index < -0.39 is 0 Å². The molecule has 0 bridgehead atoms. The maximum atomic E-state index is 4.74. The van der Waals surface area contributed by atoms with E-state index in [4.69, 9.17) is 4.99 Å². The maximum Gasteiger partial charge on any atom is 0.0633 e. The molecular weight excluding hydrogens is 268 g/mol. The molecule has 114 valence electrons. The standard InChI is InChI=1S/C20H24N2/c1-4-5-6-20(22-19-13-9-17(3)10-14-19)15-21-18-11-7-16(2)8-12-18/h7-15H,4-6H2,1-3H3. The highest BCUT2D eigenvalue weighted by Gasteiger charge is 1.98. The smallest absolute Gasteiger partial charge is 0.0633 e. The molecule has 0 spiro atoms. The van der Waals surface area contributed by atoms with Crippen molar-refractivity contribution in [2.24, 2.45) is 9.98 Å². The van der Waals surface area contributed by atoms with Gasteiger partial charge in [-0.3, -0.25) is 9.98 Å². The van der Waals surface area contributed by atoms with Gasteiger partial charge in [0, 0.05) is 6.21 Å². The third-order valence-corrected chi connectivity index (χ3v) is 3.49. The average molecular weight is 292 g/mol. The molecule has 0 unspecified atom stereocenters. The molecule has 0 radical (unpaired) electrons. The predicted octanol–water partition coefficient (Wildman–Crippen LogP) is 5.97. The quantitative estimate of drug-likeness (QED) is 0.586. The monoisotopic (exact) mass is 292 g/mol. The zero-order valence-electron chi connectivity index (χ0n) is 13.7. The van der Waals surface area contributed by atoms with Crippen LogP contribution in [0.25, 0.3) is 0 Å². The summed E-state index contributed by atoms with van der Waals surface area (Å²) in [6.07, 6.45) is 5.15. The molecule has 2 heteroatoms. The van der Waals surface area contributed by atoms with Crippen LogP contribution in [0, 0.1) is 13.8 Å². The molecule has 0 heterocycles. The average Bonchev–Trinajstić information content (AvgIpc) is 2.53. The van der Waals surface area contributed by atoms with Crippen LogP contribution in [0.1, 0.15) is 37.3 Å². The second-order valence-corrected chi connectivity index (χ2v) is 5.64. The normalized spacial score (nSPS) is 12.0. The van der Waals surface area contributed by atoms with Gasteiger partial charge in [0.15, 0.2) is 0 Å². The van der Waals surface area contributed by atoms with Gasteiger partial charge in [-0.25, -0.2) is 0 Å². The summed E-state index contributed by atoms with van der Waals surface area (Å²) in [5.74, 6) is 0. The van der Waals surface area contributed by atoms with Crippen molar-refractivity contribution in [1.82, 2.24) is 0 Å². The van der Waals surface area contributed by atoms with Gasteiger partial charge in [0.05, 0.1) is 17.1 Å². The fraction of sp³-hybridized carbons (Fsp3) is 0.300. The Morgan fingerprint density at radius 2 is 1.41 bits per heavy atom. The van der Waals surface area contributed by atoms with E-state index in [2.05, 4.69) is 62.2 Å². The van der Waals surface area contributed by atoms with Crippen molar-refractivity contribution in [2.75, 3.05) is 0 Å². The minimum absolute atomic E-state index is 0.958. The highest BCUT2D eigenvalue weighted by atomic mass is 14.8. The number of aryl methyl sites for hydroxylation is 2. The summed E-state index contributed by atoms with van der Waals surface area (Å²) < 4.78 is 0. The molecule has 22 heavy (non-hydrogen) atoms. The second-order valence-electron chi connectivity index (χ2n) is 5.64. The predicted molar refractivity (Wildman–Crippen MR) is 97.1 cm³/mol. The Morgan fingerprint density at radius 1 is 0.864 bits per heavy atom. The summed E-state index contributed by atoms with van der Waals surface area (Å²) in [6, 6.07) is 16.5. The zero-order chi connectivity index (χ0) is 15.8. The second kappa shape index (κ2) is 8.28. The molecule has 2 nitrogen and oxygen atoms in total. The third kappa shape index (κ3) is 5.28. The number of hydrogen-bond donors (Lipinski definition) is 0. The maximum absolute atomic E-state index is 4.74. The van der Waals surface area contributed by atoms with Gasteiger partial charge < -0.3 is 0 Å². The van der Waals surface area contributed by atoms with Gasteiger partial charge in [-0.2, -0.15) is 0 Å². The van der Waals surface area contributed by atoms with E-state index in [9.17, 15) is 0 Å². The van der Waals surface area contributed by atoms with Crippen LogP contribution in [0.3, 0.4) is 0 Å². The van der Waals surface area contributed by atoms with Crippen molar-refractivity contribution < 1.29 is 0 Å². The Hall–Kier alpha value is -2.22. The van der Waals surface area contributed by atoms with Gasteiger partial charge in [0.1, 0.15) is 0 Å². The lowest BCUT2D eigenvalue weighted by Gasteiger charge is -2.02. The number of aliphatic imine (C=N–C) groups is 2. The van der Waals surface area contributed by atoms with E-state index >= 15 is 0 Å². The Bertz CT molecular complexity index is 634. The van der Waals surface area contributed by atoms with Crippen LogP contribution < -0.4 is 0 Å². The van der Waals surface area contributed by atoms with Gasteiger partial charge in [-0.15, -0.1) is 0 Å². The lowest BCUT2D eigenvalue weighted by atomic mass is 10.1. The largest absolute Gasteiger partial charge is 0.255 e. The number of hydrogen-bond acceptors (Lipinski definition) is 2. The molecular formula is C20H24N2. The highest BCUT2D eigenvalue weighted by Crippen LogP contribution is 2.15. The molecule has 0 atom stereocenters. The molecule has 0 fully saturated rings. The van der Waals surface area contributed by atoms with Crippen molar-refractivity contribution in [2.45, 2.75) is 40.0 Å². The Kier molecular flexibility index (Phi) is 6.08. The van der Waals surface area contributed by atoms with Crippen molar-refractivity contribution in [3.8, 4) is 0 Å². The van der Waals surface area contributed by atoms with Gasteiger partial charge in [-0.1, -0.05) is 48.7 Å². The third-order valence-electron chi connectivity index (χ3n) is 3.49. The van der Waals surface area contributed by atoms with Crippen molar-refractivity contribution in [3.63, 3.8) is 0 Å². The lowest BCUT2D eigenvalue weighted by molar-refractivity contribution is 0.839. The van der Waals surface area contributed by atoms with E-state index in [0.29, 0.717) is 0 Å². The van der Waals surface area contributed by atoms with Gasteiger partial charge in [0.25, 0.3) is 0 Å². The first-order valence-corrected chi connectivity index (χ1v) is 7.92. The summed E-state index contributed by atoms with van der Waals surface area (Å²) in [7, 11) is 0. The number of unbranched alkanes of at least 4 members (excludes halogenated alkanes) is 1. The summed E-state index contributed by atoms with van der Waals surface area (Å²) >= 11 is 0. The molecule has 2 aromatic carbocycles.